The molecule has 0 fully saturated rings. The van der Waals surface area contributed by atoms with Gasteiger partial charge in [0, 0.05) is 32.1 Å². The molecule has 0 aromatic heterocycles. The van der Waals surface area contributed by atoms with E-state index in [1.54, 1.807) is 0 Å². The summed E-state index contributed by atoms with van der Waals surface area (Å²) in [5.41, 5.74) is 3.92. The van der Waals surface area contributed by atoms with Crippen molar-refractivity contribution in [3.8, 4) is 0 Å². The number of nitrogens with one attached hydrogen (secondary N) is 2. The Kier molecular flexibility index (Phi) is 6.83. The molecule has 25 heavy (non-hydrogen) atoms. The van der Waals surface area contributed by atoms with Gasteiger partial charge in [0.15, 0.2) is 0 Å². The first-order chi connectivity index (χ1) is 12.0. The van der Waals surface area contributed by atoms with Gasteiger partial charge in [0.2, 0.25) is 0 Å². The Bertz CT molecular complexity index is 687. The summed E-state index contributed by atoms with van der Waals surface area (Å²) in [4.78, 5) is 14.5. The first-order valence-electron chi connectivity index (χ1n) is 8.52. The number of aliphatic hydroxyl groups excluding tert-OH is 1. The van der Waals surface area contributed by atoms with E-state index in [0.717, 1.165) is 22.5 Å². The summed E-state index contributed by atoms with van der Waals surface area (Å²) in [7, 11) is 3.97. The summed E-state index contributed by atoms with van der Waals surface area (Å²) in [6.45, 7) is 2.08. The minimum absolute atomic E-state index is 0.109. The molecule has 5 nitrogen and oxygen atoms in total. The molecule has 0 aliphatic carbocycles. The van der Waals surface area contributed by atoms with Crippen molar-refractivity contribution in [2.24, 2.45) is 0 Å². The van der Waals surface area contributed by atoms with Crippen molar-refractivity contribution in [1.82, 2.24) is 5.32 Å². The van der Waals surface area contributed by atoms with E-state index < -0.39 is 0 Å². The summed E-state index contributed by atoms with van der Waals surface area (Å²) >= 11 is 0. The second kappa shape index (κ2) is 9.08. The van der Waals surface area contributed by atoms with Crippen LogP contribution in [0.2, 0.25) is 0 Å². The zero-order chi connectivity index (χ0) is 18.2. The number of aryl methyl sites for hydroxylation is 1. The standard InChI is InChI=1S/C20H27N3O2/c1-15-14-17(23(2)3)11-12-18(15)21-20(25)22-19(10-7-13-24)16-8-5-4-6-9-16/h4-6,8-9,11-12,14,19,24H,7,10,13H2,1-3H3,(H2,21,22,25). The van der Waals surface area contributed by atoms with Gasteiger partial charge in [-0.05, 0) is 49.1 Å². The SMILES string of the molecule is Cc1cc(N(C)C)ccc1NC(=O)NC(CCCO)c1ccccc1. The molecule has 0 spiro atoms. The van der Waals surface area contributed by atoms with E-state index in [4.69, 9.17) is 5.11 Å². The molecule has 0 aliphatic heterocycles. The van der Waals surface area contributed by atoms with E-state index in [1.165, 1.54) is 0 Å². The summed E-state index contributed by atoms with van der Waals surface area (Å²) in [5, 5.41) is 15.0. The van der Waals surface area contributed by atoms with Crippen LogP contribution < -0.4 is 15.5 Å². The van der Waals surface area contributed by atoms with Gasteiger partial charge in [-0.2, -0.15) is 0 Å². The number of aliphatic hydroxyl groups is 1. The van der Waals surface area contributed by atoms with Gasteiger partial charge in [-0.15, -0.1) is 0 Å². The van der Waals surface area contributed by atoms with Crippen molar-refractivity contribution in [1.29, 1.82) is 0 Å². The van der Waals surface area contributed by atoms with Crippen molar-refractivity contribution < 1.29 is 9.90 Å². The average molecular weight is 341 g/mol. The lowest BCUT2D eigenvalue weighted by Gasteiger charge is -2.20. The molecule has 1 atom stereocenters. The molecule has 2 rings (SSSR count). The van der Waals surface area contributed by atoms with E-state index in [9.17, 15) is 4.79 Å². The fourth-order valence-electron chi connectivity index (χ4n) is 2.69. The van der Waals surface area contributed by atoms with E-state index in [-0.39, 0.29) is 18.7 Å². The van der Waals surface area contributed by atoms with Crippen molar-refractivity contribution in [3.63, 3.8) is 0 Å². The summed E-state index contributed by atoms with van der Waals surface area (Å²) in [6.07, 6.45) is 1.32. The molecule has 0 saturated carbocycles. The fraction of sp³-hybridized carbons (Fsp3) is 0.350. The highest BCUT2D eigenvalue weighted by atomic mass is 16.3. The first-order valence-corrected chi connectivity index (χ1v) is 8.52. The van der Waals surface area contributed by atoms with Crippen molar-refractivity contribution in [2.45, 2.75) is 25.8 Å². The fourth-order valence-corrected chi connectivity index (χ4v) is 2.69. The highest BCUT2D eigenvalue weighted by Crippen LogP contribution is 2.22. The number of amides is 2. The number of nitrogens with zero attached hydrogens (tertiary/aromatic N) is 1. The number of hydrogen-bond acceptors (Lipinski definition) is 3. The number of rotatable bonds is 7. The lowest BCUT2D eigenvalue weighted by atomic mass is 10.0. The van der Waals surface area contributed by atoms with Crippen molar-refractivity contribution in [3.05, 3.63) is 59.7 Å². The molecule has 1 unspecified atom stereocenters. The Balaban J connectivity index is 2.06. The number of benzene rings is 2. The lowest BCUT2D eigenvalue weighted by molar-refractivity contribution is 0.244. The van der Waals surface area contributed by atoms with E-state index in [1.807, 2.05) is 74.4 Å². The third-order valence-corrected chi connectivity index (χ3v) is 4.13. The Hall–Kier alpha value is -2.53. The maximum atomic E-state index is 12.4. The van der Waals surface area contributed by atoms with Crippen LogP contribution in [0.25, 0.3) is 0 Å². The van der Waals surface area contributed by atoms with E-state index >= 15 is 0 Å². The number of urea groups is 1. The molecule has 134 valence electrons. The van der Waals surface area contributed by atoms with E-state index in [2.05, 4.69) is 10.6 Å². The molecule has 0 radical (unpaired) electrons. The topological polar surface area (TPSA) is 64.6 Å². The van der Waals surface area contributed by atoms with Crippen LogP contribution in [-0.4, -0.2) is 31.8 Å². The monoisotopic (exact) mass is 341 g/mol. The van der Waals surface area contributed by atoms with Gasteiger partial charge in [0.05, 0.1) is 6.04 Å². The maximum Gasteiger partial charge on any atom is 0.319 e. The van der Waals surface area contributed by atoms with Crippen LogP contribution >= 0.6 is 0 Å². The van der Waals surface area contributed by atoms with Crippen molar-refractivity contribution in [2.75, 3.05) is 30.9 Å². The molecular formula is C20H27N3O2. The molecule has 5 heteroatoms. The third-order valence-electron chi connectivity index (χ3n) is 4.13. The zero-order valence-corrected chi connectivity index (χ0v) is 15.1. The molecule has 0 saturated heterocycles. The van der Waals surface area contributed by atoms with Gasteiger partial charge >= 0.3 is 6.03 Å². The quantitative estimate of drug-likeness (QED) is 0.719. The average Bonchev–Trinajstić information content (AvgIpc) is 2.61. The molecule has 2 aromatic rings. The molecule has 0 bridgehead atoms. The van der Waals surface area contributed by atoms with Gasteiger partial charge in [-0.1, -0.05) is 30.3 Å². The van der Waals surface area contributed by atoms with Gasteiger partial charge in [-0.25, -0.2) is 4.79 Å². The minimum Gasteiger partial charge on any atom is -0.396 e. The second-order valence-corrected chi connectivity index (χ2v) is 6.32. The van der Waals surface area contributed by atoms with Gasteiger partial charge in [-0.3, -0.25) is 0 Å². The van der Waals surface area contributed by atoms with Crippen LogP contribution in [-0.2, 0) is 0 Å². The summed E-state index contributed by atoms with van der Waals surface area (Å²) in [5.74, 6) is 0. The molecular weight excluding hydrogens is 314 g/mol. The molecule has 3 N–H and O–H groups in total. The lowest BCUT2D eigenvalue weighted by Crippen LogP contribution is -2.33. The molecule has 2 aromatic carbocycles. The normalized spacial score (nSPS) is 11.7. The summed E-state index contributed by atoms with van der Waals surface area (Å²) < 4.78 is 0. The number of anilines is 2. The van der Waals surface area contributed by atoms with Gasteiger partial charge in [0.1, 0.15) is 0 Å². The predicted octanol–water partition coefficient (Wildman–Crippen LogP) is 3.70. The number of hydrogen-bond donors (Lipinski definition) is 3. The van der Waals surface area contributed by atoms with Crippen LogP contribution in [0.3, 0.4) is 0 Å². The smallest absolute Gasteiger partial charge is 0.319 e. The van der Waals surface area contributed by atoms with Crippen LogP contribution in [0.4, 0.5) is 16.2 Å². The van der Waals surface area contributed by atoms with Gasteiger partial charge < -0.3 is 20.6 Å². The van der Waals surface area contributed by atoms with Crippen LogP contribution in [0, 0.1) is 6.92 Å². The Morgan fingerprint density at radius 1 is 1.16 bits per heavy atom. The zero-order valence-electron chi connectivity index (χ0n) is 15.1. The minimum atomic E-state index is -0.243. The Labute approximate surface area is 149 Å². The van der Waals surface area contributed by atoms with Crippen molar-refractivity contribution >= 4 is 17.4 Å². The second-order valence-electron chi connectivity index (χ2n) is 6.32. The van der Waals surface area contributed by atoms with Crippen LogP contribution in [0.5, 0.6) is 0 Å². The third kappa shape index (κ3) is 5.50. The maximum absolute atomic E-state index is 12.4. The predicted molar refractivity (Wildman–Crippen MR) is 103 cm³/mol. The highest BCUT2D eigenvalue weighted by molar-refractivity contribution is 5.90. The molecule has 0 aliphatic rings. The number of carbonyl (C=O) groups excluding carboxylic acids is 1. The summed E-state index contributed by atoms with van der Waals surface area (Å²) in [6, 6.07) is 15.4. The Morgan fingerprint density at radius 3 is 2.48 bits per heavy atom. The first kappa shape index (κ1) is 18.8. The Morgan fingerprint density at radius 2 is 1.88 bits per heavy atom. The molecule has 2 amide bonds. The van der Waals surface area contributed by atoms with Gasteiger partial charge in [0.25, 0.3) is 0 Å². The van der Waals surface area contributed by atoms with Crippen LogP contribution in [0.1, 0.15) is 30.0 Å². The number of carbonyl (C=O) groups is 1. The largest absolute Gasteiger partial charge is 0.396 e. The highest BCUT2D eigenvalue weighted by Gasteiger charge is 2.15. The van der Waals surface area contributed by atoms with E-state index in [0.29, 0.717) is 12.8 Å². The molecule has 0 heterocycles. The van der Waals surface area contributed by atoms with Crippen LogP contribution in [0.15, 0.2) is 48.5 Å².